The van der Waals surface area contributed by atoms with Crippen molar-refractivity contribution in [1.82, 2.24) is 9.29 Å². The van der Waals surface area contributed by atoms with Gasteiger partial charge in [0, 0.05) is 31.3 Å². The van der Waals surface area contributed by atoms with E-state index in [0.29, 0.717) is 18.8 Å². The highest BCUT2D eigenvalue weighted by Gasteiger charge is 2.27. The van der Waals surface area contributed by atoms with Crippen LogP contribution in [-0.2, 0) is 26.0 Å². The first-order valence-corrected chi connectivity index (χ1v) is 13.2. The van der Waals surface area contributed by atoms with Crippen LogP contribution in [0.15, 0.2) is 47.5 Å². The van der Waals surface area contributed by atoms with Gasteiger partial charge in [0.25, 0.3) is 0 Å². The van der Waals surface area contributed by atoms with Gasteiger partial charge in [-0.2, -0.15) is 13.1 Å². The van der Waals surface area contributed by atoms with E-state index in [1.807, 2.05) is 0 Å². The van der Waals surface area contributed by atoms with E-state index >= 15 is 0 Å². The third kappa shape index (κ3) is 5.84. The predicted molar refractivity (Wildman–Crippen MR) is 130 cm³/mol. The molecule has 1 aromatic heterocycles. The topological polar surface area (TPSA) is 115 Å². The number of fused-ring (bicyclic) bond motifs is 1. The Labute approximate surface area is 216 Å². The van der Waals surface area contributed by atoms with Crippen LogP contribution in [0.1, 0.15) is 24.5 Å². The van der Waals surface area contributed by atoms with Gasteiger partial charge in [0.15, 0.2) is 6.10 Å². The largest absolute Gasteiger partial charge is 0.479 e. The molecular formula is C25H25F3N2O7S. The summed E-state index contributed by atoms with van der Waals surface area (Å²) in [7, 11) is -3.73. The first-order chi connectivity index (χ1) is 18.1. The van der Waals surface area contributed by atoms with E-state index in [9.17, 15) is 31.5 Å². The standard InChI is InChI=1S/C25H25F3N2O7S/c1-2-19(24(31)32)36-20-8-7-18(26)22-21(20)23(37-25(27)28)16(14-29-22)13-15-3-5-17(6-4-15)38(33,34)30-9-11-35-12-10-30/h3-8,14,19,25H,2,9-13H2,1H3,(H,31,32). The summed E-state index contributed by atoms with van der Waals surface area (Å²) >= 11 is 0. The monoisotopic (exact) mass is 554 g/mol. The van der Waals surface area contributed by atoms with Crippen molar-refractivity contribution in [3.63, 3.8) is 0 Å². The number of morpholine rings is 1. The second-order valence-corrected chi connectivity index (χ2v) is 10.4. The Morgan fingerprint density at radius 1 is 1.13 bits per heavy atom. The highest BCUT2D eigenvalue weighted by Crippen LogP contribution is 2.39. The van der Waals surface area contributed by atoms with Crippen LogP contribution < -0.4 is 9.47 Å². The van der Waals surface area contributed by atoms with Gasteiger partial charge in [0.1, 0.15) is 22.8 Å². The molecule has 4 rings (SSSR count). The molecule has 0 amide bonds. The quantitative estimate of drug-likeness (QED) is 0.402. The van der Waals surface area contributed by atoms with E-state index in [4.69, 9.17) is 14.2 Å². The number of carbonyl (C=O) groups is 1. The molecule has 13 heteroatoms. The molecule has 1 atom stereocenters. The maximum absolute atomic E-state index is 14.6. The molecular weight excluding hydrogens is 529 g/mol. The van der Waals surface area contributed by atoms with Gasteiger partial charge in [0.2, 0.25) is 10.0 Å². The molecule has 0 spiro atoms. The van der Waals surface area contributed by atoms with Crippen LogP contribution in [0.4, 0.5) is 13.2 Å². The number of benzene rings is 2. The molecule has 2 aromatic carbocycles. The van der Waals surface area contributed by atoms with Crippen molar-refractivity contribution in [1.29, 1.82) is 0 Å². The summed E-state index contributed by atoms with van der Waals surface area (Å²) in [6.45, 7) is -0.633. The van der Waals surface area contributed by atoms with Crippen LogP contribution >= 0.6 is 0 Å². The third-order valence-electron chi connectivity index (χ3n) is 6.01. The lowest BCUT2D eigenvalue weighted by Gasteiger charge is -2.26. The van der Waals surface area contributed by atoms with Crippen LogP contribution in [-0.4, -0.2) is 67.8 Å². The fraction of sp³-hybridized carbons (Fsp3) is 0.360. The van der Waals surface area contributed by atoms with Crippen LogP contribution in [0.25, 0.3) is 10.9 Å². The van der Waals surface area contributed by atoms with Crippen LogP contribution in [0, 0.1) is 5.82 Å². The number of nitrogens with zero attached hydrogens (tertiary/aromatic N) is 2. The zero-order valence-corrected chi connectivity index (χ0v) is 21.1. The minimum absolute atomic E-state index is 0.0189. The Morgan fingerprint density at radius 3 is 2.42 bits per heavy atom. The molecule has 204 valence electrons. The fourth-order valence-electron chi connectivity index (χ4n) is 4.10. The minimum Gasteiger partial charge on any atom is -0.479 e. The summed E-state index contributed by atoms with van der Waals surface area (Å²) in [5, 5.41) is 9.14. The molecule has 3 aromatic rings. The Hall–Kier alpha value is -3.42. The normalized spacial score (nSPS) is 15.5. The van der Waals surface area contributed by atoms with E-state index in [-0.39, 0.29) is 53.0 Å². The SMILES string of the molecule is CCC(Oc1ccc(F)c2ncc(Cc3ccc(S(=O)(=O)N4CCOCC4)cc3)c(OC(F)F)c12)C(=O)O. The first kappa shape index (κ1) is 27.6. The van der Waals surface area contributed by atoms with Gasteiger partial charge in [-0.25, -0.2) is 17.6 Å². The number of ether oxygens (including phenoxy) is 3. The number of aliphatic carboxylic acids is 1. The third-order valence-corrected chi connectivity index (χ3v) is 7.92. The van der Waals surface area contributed by atoms with Crippen molar-refractivity contribution in [3.05, 3.63) is 59.5 Å². The summed E-state index contributed by atoms with van der Waals surface area (Å²) in [5.74, 6) is -2.70. The Morgan fingerprint density at radius 2 is 1.82 bits per heavy atom. The molecule has 9 nitrogen and oxygen atoms in total. The molecule has 38 heavy (non-hydrogen) atoms. The van der Waals surface area contributed by atoms with Crippen molar-refractivity contribution >= 4 is 26.9 Å². The summed E-state index contributed by atoms with van der Waals surface area (Å²) in [5.41, 5.74) is 0.358. The average Bonchev–Trinajstić information content (AvgIpc) is 2.90. The van der Waals surface area contributed by atoms with Gasteiger partial charge in [-0.1, -0.05) is 19.1 Å². The lowest BCUT2D eigenvalue weighted by Crippen LogP contribution is -2.40. The zero-order valence-electron chi connectivity index (χ0n) is 20.3. The summed E-state index contributed by atoms with van der Waals surface area (Å²) in [6, 6.07) is 8.02. The van der Waals surface area contributed by atoms with E-state index in [2.05, 4.69) is 4.98 Å². The molecule has 1 N–H and O–H groups in total. The number of rotatable bonds is 10. The van der Waals surface area contributed by atoms with Crippen molar-refractivity contribution < 1.29 is 45.7 Å². The van der Waals surface area contributed by atoms with Gasteiger partial charge in [-0.3, -0.25) is 4.98 Å². The smallest absolute Gasteiger partial charge is 0.387 e. The lowest BCUT2D eigenvalue weighted by atomic mass is 10.0. The highest BCUT2D eigenvalue weighted by atomic mass is 32.2. The first-order valence-electron chi connectivity index (χ1n) is 11.7. The number of pyridine rings is 1. The Bertz CT molecular complexity index is 1410. The van der Waals surface area contributed by atoms with Crippen molar-refractivity contribution in [2.24, 2.45) is 0 Å². The summed E-state index contributed by atoms with van der Waals surface area (Å²) < 4.78 is 84.1. The predicted octanol–water partition coefficient (Wildman–Crippen LogP) is 3.83. The lowest BCUT2D eigenvalue weighted by molar-refractivity contribution is -0.145. The number of halogens is 3. The van der Waals surface area contributed by atoms with E-state index < -0.39 is 40.3 Å². The highest BCUT2D eigenvalue weighted by molar-refractivity contribution is 7.89. The summed E-state index contributed by atoms with van der Waals surface area (Å²) in [4.78, 5) is 15.6. The minimum atomic E-state index is -3.73. The van der Waals surface area contributed by atoms with E-state index in [0.717, 1.165) is 12.1 Å². The maximum Gasteiger partial charge on any atom is 0.387 e. The van der Waals surface area contributed by atoms with Crippen molar-refractivity contribution in [2.75, 3.05) is 26.3 Å². The van der Waals surface area contributed by atoms with Gasteiger partial charge in [0.05, 0.1) is 23.5 Å². The number of aromatic nitrogens is 1. The molecule has 2 heterocycles. The Balaban J connectivity index is 1.72. The fourth-order valence-corrected chi connectivity index (χ4v) is 5.51. The molecule has 0 bridgehead atoms. The van der Waals surface area contributed by atoms with Gasteiger partial charge >= 0.3 is 12.6 Å². The second-order valence-electron chi connectivity index (χ2n) is 8.45. The molecule has 1 aliphatic heterocycles. The van der Waals surface area contributed by atoms with Gasteiger partial charge in [-0.15, -0.1) is 0 Å². The molecule has 1 unspecified atom stereocenters. The van der Waals surface area contributed by atoms with E-state index in [1.165, 1.54) is 34.8 Å². The van der Waals surface area contributed by atoms with Gasteiger partial charge in [-0.05, 0) is 36.2 Å². The van der Waals surface area contributed by atoms with Gasteiger partial charge < -0.3 is 19.3 Å². The zero-order chi connectivity index (χ0) is 27.4. The number of alkyl halides is 2. The molecule has 0 saturated carbocycles. The number of hydrogen-bond acceptors (Lipinski definition) is 7. The molecule has 1 saturated heterocycles. The summed E-state index contributed by atoms with van der Waals surface area (Å²) in [6.07, 6.45) is -0.0893. The molecule has 1 fully saturated rings. The van der Waals surface area contributed by atoms with Crippen molar-refractivity contribution in [3.8, 4) is 11.5 Å². The Kier molecular flexibility index (Phi) is 8.38. The van der Waals surface area contributed by atoms with Crippen molar-refractivity contribution in [2.45, 2.75) is 37.4 Å². The average molecular weight is 555 g/mol. The second kappa shape index (κ2) is 11.5. The van der Waals surface area contributed by atoms with Crippen LogP contribution in [0.5, 0.6) is 11.5 Å². The number of hydrogen-bond donors (Lipinski definition) is 1. The number of carboxylic acids is 1. The maximum atomic E-state index is 14.6. The molecule has 0 radical (unpaired) electrons. The van der Waals surface area contributed by atoms with Crippen LogP contribution in [0.2, 0.25) is 0 Å². The van der Waals surface area contributed by atoms with Crippen LogP contribution in [0.3, 0.4) is 0 Å². The number of carboxylic acid groups (broad SMARTS) is 1. The molecule has 1 aliphatic rings. The van der Waals surface area contributed by atoms with E-state index in [1.54, 1.807) is 6.92 Å². The molecule has 0 aliphatic carbocycles. The number of sulfonamides is 1.